The maximum Gasteiger partial charge on any atom is 0.326 e. The van der Waals surface area contributed by atoms with Gasteiger partial charge in [0.1, 0.15) is 19.0 Å². The lowest BCUT2D eigenvalue weighted by Crippen LogP contribution is -2.34. The van der Waals surface area contributed by atoms with Crippen LogP contribution in [-0.4, -0.2) is 42.3 Å². The zero-order chi connectivity index (χ0) is 24.8. The van der Waals surface area contributed by atoms with E-state index in [1.165, 1.54) is 25.3 Å². The van der Waals surface area contributed by atoms with E-state index in [-0.39, 0.29) is 34.6 Å². The van der Waals surface area contributed by atoms with E-state index in [1.54, 1.807) is 24.3 Å². The standard InChI is InChI=1S/C24H23ClFNO6S/c1-14(2)12-33-22(28)11-27-23(29)21(34-24(27)30)10-15-7-8-19(31-3)20(9-15)32-13-16-17(25)5-4-6-18(16)26/h4-10,14H,11-13H2,1-3H3/b21-10+. The first-order chi connectivity index (χ1) is 16.2. The number of hydrogen-bond acceptors (Lipinski definition) is 7. The summed E-state index contributed by atoms with van der Waals surface area (Å²) >= 11 is 6.78. The monoisotopic (exact) mass is 507 g/mol. The predicted octanol–water partition coefficient (Wildman–Crippen LogP) is 5.30. The van der Waals surface area contributed by atoms with Crippen LogP contribution in [0.5, 0.6) is 11.5 Å². The Morgan fingerprint density at radius 3 is 2.65 bits per heavy atom. The van der Waals surface area contributed by atoms with Crippen LogP contribution in [0.3, 0.4) is 0 Å². The molecule has 0 aromatic heterocycles. The van der Waals surface area contributed by atoms with E-state index < -0.39 is 29.5 Å². The fourth-order valence-corrected chi connectivity index (χ4v) is 3.99. The van der Waals surface area contributed by atoms with E-state index in [0.717, 1.165) is 16.7 Å². The number of ether oxygens (including phenoxy) is 3. The van der Waals surface area contributed by atoms with Crippen molar-refractivity contribution in [3.63, 3.8) is 0 Å². The minimum absolute atomic E-state index is 0.139. The zero-order valence-corrected chi connectivity index (χ0v) is 20.4. The van der Waals surface area contributed by atoms with E-state index in [1.807, 2.05) is 13.8 Å². The van der Waals surface area contributed by atoms with Crippen LogP contribution >= 0.6 is 23.4 Å². The number of amides is 2. The van der Waals surface area contributed by atoms with Gasteiger partial charge in [-0.25, -0.2) is 4.39 Å². The number of methoxy groups -OCH3 is 1. The van der Waals surface area contributed by atoms with Crippen molar-refractivity contribution in [1.82, 2.24) is 4.90 Å². The van der Waals surface area contributed by atoms with Crippen molar-refractivity contribution in [3.8, 4) is 11.5 Å². The molecule has 34 heavy (non-hydrogen) atoms. The Kier molecular flexibility index (Phi) is 8.57. The molecule has 1 aliphatic heterocycles. The largest absolute Gasteiger partial charge is 0.493 e. The highest BCUT2D eigenvalue weighted by molar-refractivity contribution is 8.18. The van der Waals surface area contributed by atoms with Gasteiger partial charge in [-0.15, -0.1) is 0 Å². The van der Waals surface area contributed by atoms with Gasteiger partial charge in [-0.1, -0.05) is 37.6 Å². The summed E-state index contributed by atoms with van der Waals surface area (Å²) in [5.41, 5.74) is 0.741. The minimum atomic E-state index is -0.649. The van der Waals surface area contributed by atoms with Gasteiger partial charge in [0.25, 0.3) is 11.1 Å². The minimum Gasteiger partial charge on any atom is -0.493 e. The van der Waals surface area contributed by atoms with Crippen molar-refractivity contribution in [2.75, 3.05) is 20.3 Å². The maximum absolute atomic E-state index is 14.1. The van der Waals surface area contributed by atoms with Gasteiger partial charge in [-0.05, 0) is 53.6 Å². The normalized spacial score (nSPS) is 14.8. The molecule has 1 heterocycles. The lowest BCUT2D eigenvalue weighted by molar-refractivity contribution is -0.147. The summed E-state index contributed by atoms with van der Waals surface area (Å²) in [6.07, 6.45) is 1.51. The number of hydrogen-bond donors (Lipinski definition) is 0. The number of carbonyl (C=O) groups excluding carboxylic acids is 3. The highest BCUT2D eigenvalue weighted by Crippen LogP contribution is 2.35. The van der Waals surface area contributed by atoms with Crippen LogP contribution in [-0.2, 0) is 20.9 Å². The van der Waals surface area contributed by atoms with Gasteiger partial charge < -0.3 is 14.2 Å². The number of thioether (sulfide) groups is 1. The molecule has 3 rings (SSSR count). The third-order valence-electron chi connectivity index (χ3n) is 4.66. The molecule has 2 amide bonds. The third kappa shape index (κ3) is 6.30. The van der Waals surface area contributed by atoms with Crippen molar-refractivity contribution in [2.24, 2.45) is 5.92 Å². The van der Waals surface area contributed by atoms with Gasteiger partial charge in [0.15, 0.2) is 11.5 Å². The molecule has 0 saturated carbocycles. The zero-order valence-electron chi connectivity index (χ0n) is 18.8. The summed E-state index contributed by atoms with van der Waals surface area (Å²) in [5.74, 6) is -0.905. The van der Waals surface area contributed by atoms with E-state index in [0.29, 0.717) is 17.1 Å². The fourth-order valence-electron chi connectivity index (χ4n) is 2.94. The molecular formula is C24H23ClFNO6S. The molecule has 2 aromatic carbocycles. The third-order valence-corrected chi connectivity index (χ3v) is 5.92. The lowest BCUT2D eigenvalue weighted by Gasteiger charge is -2.13. The first kappa shape index (κ1) is 25.6. The molecule has 0 radical (unpaired) electrons. The molecule has 0 atom stereocenters. The SMILES string of the molecule is COc1ccc(/C=C2/SC(=O)N(CC(=O)OCC(C)C)C2=O)cc1OCc1c(F)cccc1Cl. The molecule has 1 aliphatic rings. The second kappa shape index (κ2) is 11.4. The average Bonchev–Trinajstić information content (AvgIpc) is 3.04. The smallest absolute Gasteiger partial charge is 0.326 e. The maximum atomic E-state index is 14.1. The van der Waals surface area contributed by atoms with Crippen molar-refractivity contribution in [1.29, 1.82) is 0 Å². The Morgan fingerprint density at radius 2 is 1.97 bits per heavy atom. The highest BCUT2D eigenvalue weighted by Gasteiger charge is 2.36. The molecule has 0 unspecified atom stereocenters. The summed E-state index contributed by atoms with van der Waals surface area (Å²) in [7, 11) is 1.46. The summed E-state index contributed by atoms with van der Waals surface area (Å²) in [5, 5.41) is -0.326. The molecule has 0 bridgehead atoms. The Balaban J connectivity index is 1.76. The summed E-state index contributed by atoms with van der Waals surface area (Å²) < 4.78 is 30.2. The van der Waals surface area contributed by atoms with Gasteiger partial charge in [-0.2, -0.15) is 0 Å². The van der Waals surface area contributed by atoms with Crippen LogP contribution in [0.2, 0.25) is 5.02 Å². The number of benzene rings is 2. The molecule has 0 spiro atoms. The van der Waals surface area contributed by atoms with E-state index in [4.69, 9.17) is 25.8 Å². The van der Waals surface area contributed by atoms with Crippen LogP contribution < -0.4 is 9.47 Å². The number of imide groups is 1. The molecule has 7 nitrogen and oxygen atoms in total. The quantitative estimate of drug-likeness (QED) is 0.336. The number of nitrogens with zero attached hydrogens (tertiary/aromatic N) is 1. The van der Waals surface area contributed by atoms with Gasteiger partial charge in [0.2, 0.25) is 0 Å². The molecule has 0 aliphatic carbocycles. The summed E-state index contributed by atoms with van der Waals surface area (Å²) in [6, 6.07) is 9.24. The predicted molar refractivity (Wildman–Crippen MR) is 127 cm³/mol. The topological polar surface area (TPSA) is 82.1 Å². The molecule has 1 saturated heterocycles. The first-order valence-corrected chi connectivity index (χ1v) is 11.5. The number of carbonyl (C=O) groups is 3. The Labute approximate surface area is 205 Å². The second-order valence-electron chi connectivity index (χ2n) is 7.74. The van der Waals surface area contributed by atoms with Crippen LogP contribution in [0.1, 0.15) is 25.0 Å². The Morgan fingerprint density at radius 1 is 1.21 bits per heavy atom. The van der Waals surface area contributed by atoms with E-state index >= 15 is 0 Å². The molecule has 180 valence electrons. The molecule has 0 N–H and O–H groups in total. The Hall–Kier alpha value is -3.04. The second-order valence-corrected chi connectivity index (χ2v) is 9.14. The van der Waals surface area contributed by atoms with Gasteiger partial charge >= 0.3 is 5.97 Å². The first-order valence-electron chi connectivity index (χ1n) is 10.3. The van der Waals surface area contributed by atoms with Crippen LogP contribution in [0.4, 0.5) is 9.18 Å². The van der Waals surface area contributed by atoms with Gasteiger partial charge in [0, 0.05) is 5.56 Å². The van der Waals surface area contributed by atoms with E-state index in [2.05, 4.69) is 0 Å². The van der Waals surface area contributed by atoms with Crippen molar-refractivity contribution in [2.45, 2.75) is 20.5 Å². The van der Waals surface area contributed by atoms with E-state index in [9.17, 15) is 18.8 Å². The molecule has 1 fully saturated rings. The highest BCUT2D eigenvalue weighted by atomic mass is 35.5. The van der Waals surface area contributed by atoms with Crippen LogP contribution in [0.25, 0.3) is 6.08 Å². The number of halogens is 2. The molecule has 2 aromatic rings. The van der Waals surface area contributed by atoms with Crippen LogP contribution in [0.15, 0.2) is 41.3 Å². The lowest BCUT2D eigenvalue weighted by atomic mass is 10.1. The van der Waals surface area contributed by atoms with Crippen molar-refractivity contribution < 1.29 is 33.0 Å². The molecule has 10 heteroatoms. The van der Waals surface area contributed by atoms with Crippen molar-refractivity contribution in [3.05, 3.63) is 63.3 Å². The van der Waals surface area contributed by atoms with Gasteiger partial charge in [0.05, 0.1) is 23.6 Å². The number of rotatable bonds is 9. The number of esters is 1. The van der Waals surface area contributed by atoms with Gasteiger partial charge in [-0.3, -0.25) is 19.3 Å². The average molecular weight is 508 g/mol. The van der Waals surface area contributed by atoms with Crippen LogP contribution in [0, 0.1) is 11.7 Å². The summed E-state index contributed by atoms with van der Waals surface area (Å²) in [6.45, 7) is 3.38. The summed E-state index contributed by atoms with van der Waals surface area (Å²) in [4.78, 5) is 37.9. The molecular weight excluding hydrogens is 485 g/mol. The van der Waals surface area contributed by atoms with Crippen molar-refractivity contribution >= 4 is 46.6 Å². The Bertz CT molecular complexity index is 1120. The fraction of sp³-hybridized carbons (Fsp3) is 0.292.